The molecule has 0 unspecified atom stereocenters. The quantitative estimate of drug-likeness (QED) is 0.662. The number of nitrogens with one attached hydrogen (secondary N) is 1. The third-order valence-electron chi connectivity index (χ3n) is 4.90. The van der Waals surface area contributed by atoms with Crippen LogP contribution in [0, 0.1) is 13.8 Å². The van der Waals surface area contributed by atoms with Crippen LogP contribution in [0.3, 0.4) is 0 Å². The molecule has 0 amide bonds. The van der Waals surface area contributed by atoms with E-state index in [0.717, 1.165) is 25.9 Å². The molecule has 1 aromatic rings. The maximum absolute atomic E-state index is 12.6. The number of aryl methyl sites for hydroxylation is 1. The van der Waals surface area contributed by atoms with Crippen molar-refractivity contribution in [3.63, 3.8) is 0 Å². The fourth-order valence-electron chi connectivity index (χ4n) is 3.56. The number of hydrogen-bond donors (Lipinski definition) is 1. The van der Waals surface area contributed by atoms with Crippen molar-refractivity contribution in [1.29, 1.82) is 0 Å². The lowest BCUT2D eigenvalue weighted by Gasteiger charge is -2.37. The summed E-state index contributed by atoms with van der Waals surface area (Å²) in [5, 5.41) is 0. The first kappa shape index (κ1) is 17.1. The molecule has 132 valence electrons. The van der Waals surface area contributed by atoms with Crippen molar-refractivity contribution in [2.24, 2.45) is 0 Å². The molecule has 7 heteroatoms. The van der Waals surface area contributed by atoms with Crippen LogP contribution < -0.4 is 0 Å². The molecule has 7 nitrogen and oxygen atoms in total. The summed E-state index contributed by atoms with van der Waals surface area (Å²) in [5.41, 5.74) is 2.25. The Kier molecular flexibility index (Phi) is 4.76. The average molecular weight is 336 g/mol. The fourth-order valence-corrected chi connectivity index (χ4v) is 3.56. The lowest BCUT2D eigenvalue weighted by atomic mass is 10.0. The molecule has 2 fully saturated rings. The largest absolute Gasteiger partial charge is 0.465 e. The van der Waals surface area contributed by atoms with Gasteiger partial charge in [-0.05, 0) is 19.4 Å². The van der Waals surface area contributed by atoms with Crippen molar-refractivity contribution in [2.75, 3.05) is 40.0 Å². The third-order valence-corrected chi connectivity index (χ3v) is 4.90. The number of methoxy groups -OCH3 is 1. The Morgan fingerprint density at radius 1 is 1.21 bits per heavy atom. The van der Waals surface area contributed by atoms with Crippen LogP contribution in [0.2, 0.25) is 0 Å². The van der Waals surface area contributed by atoms with Gasteiger partial charge < -0.3 is 19.2 Å². The molecule has 1 aromatic heterocycles. The number of Topliss-reactive ketones (excluding diaryl/α,β-unsaturated/α-hetero) is 1. The second kappa shape index (κ2) is 6.66. The summed E-state index contributed by atoms with van der Waals surface area (Å²) in [6.07, 6.45) is 1.55. The Labute approximate surface area is 141 Å². The lowest BCUT2D eigenvalue weighted by Crippen LogP contribution is -2.46. The number of carbonyl (C=O) groups excluding carboxylic acids is 2. The van der Waals surface area contributed by atoms with E-state index in [1.165, 1.54) is 7.11 Å². The molecule has 0 radical (unpaired) electrons. The van der Waals surface area contributed by atoms with Gasteiger partial charge in [0.25, 0.3) is 0 Å². The summed E-state index contributed by atoms with van der Waals surface area (Å²) in [4.78, 5) is 29.6. The fraction of sp³-hybridized carbons (Fsp3) is 0.647. The van der Waals surface area contributed by atoms with Gasteiger partial charge >= 0.3 is 5.97 Å². The lowest BCUT2D eigenvalue weighted by molar-refractivity contribution is -0.184. The van der Waals surface area contributed by atoms with Gasteiger partial charge in [-0.25, -0.2) is 4.79 Å². The number of esters is 1. The summed E-state index contributed by atoms with van der Waals surface area (Å²) in [6.45, 7) is 6.68. The van der Waals surface area contributed by atoms with Crippen LogP contribution in [-0.4, -0.2) is 67.4 Å². The maximum atomic E-state index is 12.6. The van der Waals surface area contributed by atoms with Gasteiger partial charge in [-0.1, -0.05) is 0 Å². The summed E-state index contributed by atoms with van der Waals surface area (Å²) >= 11 is 0. The minimum atomic E-state index is -0.434. The van der Waals surface area contributed by atoms with Gasteiger partial charge in [0.1, 0.15) is 0 Å². The smallest absolute Gasteiger partial charge is 0.339 e. The van der Waals surface area contributed by atoms with Crippen LogP contribution in [0.4, 0.5) is 0 Å². The molecule has 3 heterocycles. The van der Waals surface area contributed by atoms with E-state index in [-0.39, 0.29) is 5.78 Å². The van der Waals surface area contributed by atoms with E-state index < -0.39 is 11.8 Å². The number of likely N-dealkylation sites (tertiary alicyclic amines) is 1. The minimum absolute atomic E-state index is 0.0186. The zero-order valence-electron chi connectivity index (χ0n) is 14.4. The Balaban J connectivity index is 1.65. The van der Waals surface area contributed by atoms with E-state index in [4.69, 9.17) is 14.2 Å². The second-order valence-corrected chi connectivity index (χ2v) is 6.42. The third kappa shape index (κ3) is 3.11. The number of aromatic nitrogens is 1. The topological polar surface area (TPSA) is 80.9 Å². The highest BCUT2D eigenvalue weighted by molar-refractivity contribution is 6.02. The highest BCUT2D eigenvalue weighted by Gasteiger charge is 2.40. The standard InChI is InChI=1S/C17H24N2O5/c1-11-14(16(21)22-3)12(2)18-15(11)13(20)10-19-6-4-17(5-7-19)23-8-9-24-17/h18H,4-10H2,1-3H3. The number of rotatable bonds is 4. The number of carbonyl (C=O) groups is 2. The molecule has 3 rings (SSSR count). The number of aromatic amines is 1. The van der Waals surface area contributed by atoms with Gasteiger partial charge in [0.05, 0.1) is 38.1 Å². The van der Waals surface area contributed by atoms with Crippen LogP contribution in [-0.2, 0) is 14.2 Å². The van der Waals surface area contributed by atoms with Crippen molar-refractivity contribution in [3.8, 4) is 0 Å². The zero-order valence-corrected chi connectivity index (χ0v) is 14.4. The number of nitrogens with zero attached hydrogens (tertiary/aromatic N) is 1. The molecule has 0 bridgehead atoms. The highest BCUT2D eigenvalue weighted by atomic mass is 16.7. The van der Waals surface area contributed by atoms with Crippen LogP contribution in [0.5, 0.6) is 0 Å². The first-order chi connectivity index (χ1) is 11.5. The molecule has 0 aliphatic carbocycles. The number of ketones is 1. The first-order valence-electron chi connectivity index (χ1n) is 8.27. The van der Waals surface area contributed by atoms with Crippen LogP contribution in [0.1, 0.15) is 44.9 Å². The number of H-pyrrole nitrogens is 1. The normalized spacial score (nSPS) is 20.5. The predicted octanol–water partition coefficient (Wildman–Crippen LogP) is 1.44. The van der Waals surface area contributed by atoms with E-state index in [1.807, 2.05) is 0 Å². The molecule has 0 atom stereocenters. The van der Waals surface area contributed by atoms with Crippen LogP contribution in [0.15, 0.2) is 0 Å². The number of hydrogen-bond acceptors (Lipinski definition) is 6. The summed E-state index contributed by atoms with van der Waals surface area (Å²) in [5.74, 6) is -0.873. The molecule has 2 aliphatic heterocycles. The Morgan fingerprint density at radius 2 is 1.83 bits per heavy atom. The molecule has 1 spiro atoms. The van der Waals surface area contributed by atoms with Crippen molar-refractivity contribution in [1.82, 2.24) is 9.88 Å². The monoisotopic (exact) mass is 336 g/mol. The van der Waals surface area contributed by atoms with Gasteiger partial charge in [-0.2, -0.15) is 0 Å². The molecule has 2 saturated heterocycles. The molecule has 24 heavy (non-hydrogen) atoms. The van der Waals surface area contributed by atoms with Crippen molar-refractivity contribution in [2.45, 2.75) is 32.5 Å². The van der Waals surface area contributed by atoms with Gasteiger partial charge in [0.15, 0.2) is 11.6 Å². The van der Waals surface area contributed by atoms with Gasteiger partial charge in [-0.3, -0.25) is 9.69 Å². The van der Waals surface area contributed by atoms with Gasteiger partial charge in [0.2, 0.25) is 0 Å². The average Bonchev–Trinajstić information content (AvgIpc) is 3.14. The molecular formula is C17H24N2O5. The van der Waals surface area contributed by atoms with Gasteiger partial charge in [0, 0.05) is 31.6 Å². The molecule has 0 saturated carbocycles. The van der Waals surface area contributed by atoms with E-state index in [2.05, 4.69) is 9.88 Å². The minimum Gasteiger partial charge on any atom is -0.465 e. The van der Waals surface area contributed by atoms with E-state index in [1.54, 1.807) is 13.8 Å². The van der Waals surface area contributed by atoms with E-state index in [9.17, 15) is 9.59 Å². The zero-order chi connectivity index (χ0) is 17.3. The van der Waals surface area contributed by atoms with Gasteiger partial charge in [-0.15, -0.1) is 0 Å². The molecule has 2 aliphatic rings. The van der Waals surface area contributed by atoms with Crippen molar-refractivity contribution < 1.29 is 23.8 Å². The second-order valence-electron chi connectivity index (χ2n) is 6.42. The Morgan fingerprint density at radius 3 is 2.42 bits per heavy atom. The van der Waals surface area contributed by atoms with Crippen LogP contribution in [0.25, 0.3) is 0 Å². The first-order valence-corrected chi connectivity index (χ1v) is 8.27. The number of ether oxygens (including phenoxy) is 3. The Bertz CT molecular complexity index is 636. The van der Waals surface area contributed by atoms with Crippen LogP contribution >= 0.6 is 0 Å². The number of piperidine rings is 1. The van der Waals surface area contributed by atoms with Crippen molar-refractivity contribution in [3.05, 3.63) is 22.5 Å². The molecule has 1 N–H and O–H groups in total. The predicted molar refractivity (Wildman–Crippen MR) is 86.2 cm³/mol. The summed E-state index contributed by atoms with van der Waals surface area (Å²) in [6, 6.07) is 0. The molecule has 0 aromatic carbocycles. The SMILES string of the molecule is COC(=O)c1c(C)[nH]c(C(=O)CN2CCC3(CC2)OCCO3)c1C. The maximum Gasteiger partial charge on any atom is 0.339 e. The van der Waals surface area contributed by atoms with E-state index in [0.29, 0.717) is 42.3 Å². The summed E-state index contributed by atoms with van der Waals surface area (Å²) < 4.78 is 16.2. The van der Waals surface area contributed by atoms with Crippen molar-refractivity contribution >= 4 is 11.8 Å². The molecular weight excluding hydrogens is 312 g/mol. The highest BCUT2D eigenvalue weighted by Crippen LogP contribution is 2.31. The van der Waals surface area contributed by atoms with E-state index >= 15 is 0 Å². The summed E-state index contributed by atoms with van der Waals surface area (Å²) in [7, 11) is 1.34. The Hall–Kier alpha value is -1.70.